The first-order valence-corrected chi connectivity index (χ1v) is 9.03. The maximum Gasteiger partial charge on any atom is 0.311 e. The smallest absolute Gasteiger partial charge is 0.311 e. The topological polar surface area (TPSA) is 88.3 Å². The van der Waals surface area contributed by atoms with Crippen molar-refractivity contribution >= 4 is 23.2 Å². The zero-order chi connectivity index (χ0) is 16.6. The van der Waals surface area contributed by atoms with E-state index in [9.17, 15) is 9.59 Å². The molecule has 1 aliphatic carbocycles. The van der Waals surface area contributed by atoms with Gasteiger partial charge in [-0.15, -0.1) is 11.3 Å². The zero-order valence-corrected chi connectivity index (χ0v) is 14.5. The average molecular weight is 336 g/mol. The number of amides is 2. The Bertz CT molecular complexity index is 596. The highest BCUT2D eigenvalue weighted by Crippen LogP contribution is 2.35. The lowest BCUT2D eigenvalue weighted by Crippen LogP contribution is -2.42. The van der Waals surface area contributed by atoms with Gasteiger partial charge in [-0.05, 0) is 38.5 Å². The van der Waals surface area contributed by atoms with Crippen molar-refractivity contribution < 1.29 is 9.59 Å². The van der Waals surface area contributed by atoms with Crippen molar-refractivity contribution in [3.05, 3.63) is 15.6 Å². The van der Waals surface area contributed by atoms with Crippen LogP contribution in [-0.2, 0) is 16.1 Å². The molecule has 0 aromatic carbocycles. The molecule has 0 radical (unpaired) electrons. The van der Waals surface area contributed by atoms with E-state index >= 15 is 0 Å². The quantitative estimate of drug-likeness (QED) is 0.788. The molecule has 0 spiro atoms. The summed E-state index contributed by atoms with van der Waals surface area (Å²) < 4.78 is 0. The number of hydrogen-bond acceptors (Lipinski definition) is 5. The van der Waals surface area contributed by atoms with Gasteiger partial charge in [0.2, 0.25) is 0 Å². The Kier molecular flexibility index (Phi) is 4.68. The lowest BCUT2D eigenvalue weighted by atomic mass is 9.78. The van der Waals surface area contributed by atoms with Gasteiger partial charge in [-0.3, -0.25) is 9.59 Å². The highest BCUT2D eigenvalue weighted by atomic mass is 32.1. The SMILES string of the molecule is Cc1nc(CNC(=O)C(=O)N2CC3CCCC(N)C3C2)sc1C. The molecule has 0 bridgehead atoms. The highest BCUT2D eigenvalue weighted by Gasteiger charge is 2.41. The number of aryl methyl sites for hydroxylation is 2. The molecule has 1 aromatic rings. The van der Waals surface area contributed by atoms with Crippen LogP contribution in [0.4, 0.5) is 0 Å². The summed E-state index contributed by atoms with van der Waals surface area (Å²) in [5, 5.41) is 3.53. The fraction of sp³-hybridized carbons (Fsp3) is 0.688. The lowest BCUT2D eigenvalue weighted by Gasteiger charge is -2.29. The molecular weight excluding hydrogens is 312 g/mol. The molecule has 126 valence electrons. The molecule has 6 nitrogen and oxygen atoms in total. The Hall–Kier alpha value is -1.47. The van der Waals surface area contributed by atoms with Crippen LogP contribution in [-0.4, -0.2) is 40.8 Å². The number of hydrogen-bond donors (Lipinski definition) is 2. The van der Waals surface area contributed by atoms with Crippen LogP contribution in [0.3, 0.4) is 0 Å². The molecule has 1 aliphatic heterocycles. The second kappa shape index (κ2) is 6.57. The van der Waals surface area contributed by atoms with Gasteiger partial charge in [-0.25, -0.2) is 4.98 Å². The number of carbonyl (C=O) groups excluding carboxylic acids is 2. The lowest BCUT2D eigenvalue weighted by molar-refractivity contribution is -0.145. The van der Waals surface area contributed by atoms with E-state index in [0.717, 1.165) is 34.8 Å². The fourth-order valence-electron chi connectivity index (χ4n) is 3.67. The second-order valence-electron chi connectivity index (χ2n) is 6.66. The van der Waals surface area contributed by atoms with Gasteiger partial charge < -0.3 is 16.0 Å². The third kappa shape index (κ3) is 3.40. The van der Waals surface area contributed by atoms with Crippen molar-refractivity contribution in [1.82, 2.24) is 15.2 Å². The molecule has 3 rings (SSSR count). The van der Waals surface area contributed by atoms with Crippen LogP contribution < -0.4 is 11.1 Å². The number of nitrogens with zero attached hydrogens (tertiary/aromatic N) is 2. The molecule has 2 amide bonds. The number of thiazole rings is 1. The molecule has 1 aromatic heterocycles. The first kappa shape index (κ1) is 16.4. The van der Waals surface area contributed by atoms with Crippen LogP contribution in [0.1, 0.15) is 34.8 Å². The third-order valence-corrected chi connectivity index (χ3v) is 6.18. The monoisotopic (exact) mass is 336 g/mol. The largest absolute Gasteiger partial charge is 0.341 e. The number of aromatic nitrogens is 1. The van der Waals surface area contributed by atoms with E-state index in [1.165, 1.54) is 0 Å². The van der Waals surface area contributed by atoms with Crippen LogP contribution in [0.2, 0.25) is 0 Å². The number of fused-ring (bicyclic) bond motifs is 1. The van der Waals surface area contributed by atoms with Crippen molar-refractivity contribution in [3.8, 4) is 0 Å². The number of likely N-dealkylation sites (tertiary alicyclic amines) is 1. The minimum absolute atomic E-state index is 0.163. The molecule has 2 heterocycles. The molecule has 3 unspecified atom stereocenters. The summed E-state index contributed by atoms with van der Waals surface area (Å²) in [5.41, 5.74) is 7.14. The van der Waals surface area contributed by atoms with E-state index in [1.807, 2.05) is 13.8 Å². The molecule has 23 heavy (non-hydrogen) atoms. The Morgan fingerprint density at radius 1 is 1.35 bits per heavy atom. The van der Waals surface area contributed by atoms with E-state index < -0.39 is 11.8 Å². The van der Waals surface area contributed by atoms with E-state index in [-0.39, 0.29) is 6.04 Å². The van der Waals surface area contributed by atoms with Crippen molar-refractivity contribution in [2.75, 3.05) is 13.1 Å². The van der Waals surface area contributed by atoms with Gasteiger partial charge in [0.05, 0.1) is 12.2 Å². The number of nitrogens with one attached hydrogen (secondary N) is 1. The van der Waals surface area contributed by atoms with Gasteiger partial charge in [0.1, 0.15) is 5.01 Å². The van der Waals surface area contributed by atoms with Crippen LogP contribution >= 0.6 is 11.3 Å². The van der Waals surface area contributed by atoms with Gasteiger partial charge in [-0.1, -0.05) is 6.42 Å². The van der Waals surface area contributed by atoms with Crippen LogP contribution in [0.15, 0.2) is 0 Å². The molecule has 3 N–H and O–H groups in total. The molecular formula is C16H24N4O2S. The summed E-state index contributed by atoms with van der Waals surface area (Å²) in [6.45, 7) is 5.54. The van der Waals surface area contributed by atoms with E-state index in [4.69, 9.17) is 5.73 Å². The van der Waals surface area contributed by atoms with Crippen molar-refractivity contribution in [2.24, 2.45) is 17.6 Å². The molecule has 1 saturated carbocycles. The Balaban J connectivity index is 1.54. The molecule has 1 saturated heterocycles. The van der Waals surface area contributed by atoms with Gasteiger partial charge in [0.15, 0.2) is 0 Å². The Morgan fingerprint density at radius 2 is 2.13 bits per heavy atom. The van der Waals surface area contributed by atoms with Crippen LogP contribution in [0.25, 0.3) is 0 Å². The summed E-state index contributed by atoms with van der Waals surface area (Å²) in [6.07, 6.45) is 3.26. The average Bonchev–Trinajstić information content (AvgIpc) is 3.09. The van der Waals surface area contributed by atoms with Gasteiger partial charge in [0.25, 0.3) is 0 Å². The van der Waals surface area contributed by atoms with Crippen molar-refractivity contribution in [1.29, 1.82) is 0 Å². The fourth-order valence-corrected chi connectivity index (χ4v) is 4.55. The highest BCUT2D eigenvalue weighted by molar-refractivity contribution is 7.11. The number of rotatable bonds is 2. The minimum Gasteiger partial charge on any atom is -0.341 e. The van der Waals surface area contributed by atoms with Gasteiger partial charge in [-0.2, -0.15) is 0 Å². The molecule has 2 fully saturated rings. The summed E-state index contributed by atoms with van der Waals surface area (Å²) in [5.74, 6) is -0.163. The summed E-state index contributed by atoms with van der Waals surface area (Å²) in [6, 6.07) is 0.163. The maximum atomic E-state index is 12.3. The van der Waals surface area contributed by atoms with Crippen molar-refractivity contribution in [3.63, 3.8) is 0 Å². The van der Waals surface area contributed by atoms with Gasteiger partial charge >= 0.3 is 11.8 Å². The first-order chi connectivity index (χ1) is 11.0. The van der Waals surface area contributed by atoms with Crippen LogP contribution in [0, 0.1) is 25.7 Å². The van der Waals surface area contributed by atoms with Gasteiger partial charge in [0, 0.05) is 24.0 Å². The Morgan fingerprint density at radius 3 is 2.78 bits per heavy atom. The zero-order valence-electron chi connectivity index (χ0n) is 13.7. The predicted molar refractivity (Wildman–Crippen MR) is 88.8 cm³/mol. The van der Waals surface area contributed by atoms with E-state index in [1.54, 1.807) is 16.2 Å². The molecule has 7 heteroatoms. The van der Waals surface area contributed by atoms with E-state index in [2.05, 4.69) is 10.3 Å². The maximum absolute atomic E-state index is 12.3. The van der Waals surface area contributed by atoms with Crippen LogP contribution in [0.5, 0.6) is 0 Å². The number of carbonyl (C=O) groups is 2. The third-order valence-electron chi connectivity index (χ3n) is 5.11. The normalized spacial score (nSPS) is 26.9. The van der Waals surface area contributed by atoms with Crippen molar-refractivity contribution in [2.45, 2.75) is 45.7 Å². The Labute approximate surface area is 140 Å². The summed E-state index contributed by atoms with van der Waals surface area (Å²) >= 11 is 1.55. The molecule has 3 atom stereocenters. The first-order valence-electron chi connectivity index (χ1n) is 8.21. The second-order valence-corrected chi connectivity index (χ2v) is 7.95. The number of nitrogens with two attached hydrogens (primary N) is 1. The summed E-state index contributed by atoms with van der Waals surface area (Å²) in [7, 11) is 0. The molecule has 2 aliphatic rings. The van der Waals surface area contributed by atoms with E-state index in [0.29, 0.717) is 31.5 Å². The minimum atomic E-state index is -0.539. The summed E-state index contributed by atoms with van der Waals surface area (Å²) in [4.78, 5) is 31.7. The standard InChI is InChI=1S/C16H24N4O2S/c1-9-10(2)23-14(19-9)6-18-15(21)16(22)20-7-11-4-3-5-13(17)12(11)8-20/h11-13H,3-8,17H2,1-2H3,(H,18,21). The predicted octanol–water partition coefficient (Wildman–Crippen LogP) is 0.962.